The first-order chi connectivity index (χ1) is 13.2. The van der Waals surface area contributed by atoms with Gasteiger partial charge in [0.05, 0.1) is 25.3 Å². The Bertz CT molecular complexity index is 1100. The smallest absolute Gasteiger partial charge is 0.337 e. The van der Waals surface area contributed by atoms with E-state index < -0.39 is 0 Å². The summed E-state index contributed by atoms with van der Waals surface area (Å²) >= 11 is 0. The molecule has 1 N–H and O–H groups in total. The number of hydrogen-bond acceptors (Lipinski definition) is 5. The van der Waals surface area contributed by atoms with E-state index in [0.717, 1.165) is 28.0 Å². The van der Waals surface area contributed by atoms with Gasteiger partial charge in [-0.25, -0.2) is 14.8 Å². The number of aromatic amines is 1. The highest BCUT2D eigenvalue weighted by Crippen LogP contribution is 2.29. The second-order valence-corrected chi connectivity index (χ2v) is 5.94. The van der Waals surface area contributed by atoms with Crippen molar-refractivity contribution in [3.8, 4) is 28.3 Å². The van der Waals surface area contributed by atoms with Gasteiger partial charge in [-0.2, -0.15) is 0 Å². The number of hydrogen-bond donors (Lipinski definition) is 1. The predicted molar refractivity (Wildman–Crippen MR) is 103 cm³/mol. The van der Waals surface area contributed by atoms with Gasteiger partial charge in [0.1, 0.15) is 11.6 Å². The number of ether oxygens (including phenoxy) is 2. The number of carbonyl (C=O) groups is 1. The van der Waals surface area contributed by atoms with Gasteiger partial charge in [-0.1, -0.05) is 24.3 Å². The number of methoxy groups -OCH3 is 2. The van der Waals surface area contributed by atoms with Crippen molar-refractivity contribution < 1.29 is 14.3 Å². The molecular formula is C21H17N3O3. The van der Waals surface area contributed by atoms with Gasteiger partial charge >= 0.3 is 5.97 Å². The van der Waals surface area contributed by atoms with E-state index >= 15 is 0 Å². The van der Waals surface area contributed by atoms with Crippen molar-refractivity contribution in [2.75, 3.05) is 14.2 Å². The molecule has 6 nitrogen and oxygen atoms in total. The number of pyridine rings is 1. The number of H-pyrrole nitrogens is 1. The number of rotatable bonds is 4. The zero-order valence-electron chi connectivity index (χ0n) is 14.9. The van der Waals surface area contributed by atoms with Crippen molar-refractivity contribution >= 4 is 17.1 Å². The maximum atomic E-state index is 11.6. The molecule has 4 rings (SSSR count). The van der Waals surface area contributed by atoms with E-state index in [1.165, 1.54) is 7.11 Å². The summed E-state index contributed by atoms with van der Waals surface area (Å²) in [6.45, 7) is 0. The molecule has 2 heterocycles. The number of nitrogens with one attached hydrogen (secondary N) is 1. The molecule has 0 amide bonds. The van der Waals surface area contributed by atoms with Crippen LogP contribution in [0, 0.1) is 0 Å². The standard InChI is InChI=1S/C21H17N3O3/c1-26-16-9-7-13(8-10-16)17-11-12-22-20-18(17)23-19(24-20)14-3-5-15(6-4-14)21(25)27-2/h3-12H,1-2H3,(H,22,23,24). The van der Waals surface area contributed by atoms with Gasteiger partial charge in [0, 0.05) is 17.3 Å². The normalized spacial score (nSPS) is 10.7. The monoisotopic (exact) mass is 359 g/mol. The number of nitrogens with zero attached hydrogens (tertiary/aromatic N) is 2. The minimum absolute atomic E-state index is 0.366. The lowest BCUT2D eigenvalue weighted by molar-refractivity contribution is 0.0601. The number of esters is 1. The maximum absolute atomic E-state index is 11.6. The van der Waals surface area contributed by atoms with Crippen molar-refractivity contribution in [2.45, 2.75) is 0 Å². The van der Waals surface area contributed by atoms with Crippen LogP contribution in [0.25, 0.3) is 33.7 Å². The average Bonchev–Trinajstić information content (AvgIpc) is 3.18. The fourth-order valence-corrected chi connectivity index (χ4v) is 2.94. The average molecular weight is 359 g/mol. The third kappa shape index (κ3) is 3.13. The van der Waals surface area contributed by atoms with Gasteiger partial charge in [0.15, 0.2) is 5.65 Å². The molecular weight excluding hydrogens is 342 g/mol. The lowest BCUT2D eigenvalue weighted by Crippen LogP contribution is -2.00. The Morgan fingerprint density at radius 1 is 0.926 bits per heavy atom. The quantitative estimate of drug-likeness (QED) is 0.556. The number of aromatic nitrogens is 3. The Morgan fingerprint density at radius 3 is 2.30 bits per heavy atom. The Balaban J connectivity index is 1.75. The van der Waals surface area contributed by atoms with E-state index in [1.54, 1.807) is 25.4 Å². The molecule has 0 bridgehead atoms. The topological polar surface area (TPSA) is 77.1 Å². The van der Waals surface area contributed by atoms with E-state index in [-0.39, 0.29) is 5.97 Å². The van der Waals surface area contributed by atoms with Crippen LogP contribution in [0.2, 0.25) is 0 Å². The van der Waals surface area contributed by atoms with E-state index in [2.05, 4.69) is 15.0 Å². The lowest BCUT2D eigenvalue weighted by atomic mass is 10.1. The summed E-state index contributed by atoms with van der Waals surface area (Å²) in [6, 6.07) is 16.9. The Kier molecular flexibility index (Phi) is 4.30. The summed E-state index contributed by atoms with van der Waals surface area (Å²) in [5.74, 6) is 1.13. The highest BCUT2D eigenvalue weighted by molar-refractivity contribution is 5.92. The number of carbonyl (C=O) groups excluding carboxylic acids is 1. The first-order valence-electron chi connectivity index (χ1n) is 8.37. The summed E-state index contributed by atoms with van der Waals surface area (Å²) in [5.41, 5.74) is 4.90. The highest BCUT2D eigenvalue weighted by Gasteiger charge is 2.12. The molecule has 0 atom stereocenters. The zero-order chi connectivity index (χ0) is 18.8. The van der Waals surface area contributed by atoms with Crippen LogP contribution in [0.5, 0.6) is 5.75 Å². The third-order valence-electron chi connectivity index (χ3n) is 4.37. The van der Waals surface area contributed by atoms with Gasteiger partial charge in [0.2, 0.25) is 0 Å². The van der Waals surface area contributed by atoms with Gasteiger partial charge < -0.3 is 14.5 Å². The maximum Gasteiger partial charge on any atom is 0.337 e. The molecule has 2 aromatic heterocycles. The van der Waals surface area contributed by atoms with Gasteiger partial charge in [0.25, 0.3) is 0 Å². The van der Waals surface area contributed by atoms with Gasteiger partial charge in [-0.15, -0.1) is 0 Å². The highest BCUT2D eigenvalue weighted by atomic mass is 16.5. The minimum Gasteiger partial charge on any atom is -0.497 e. The van der Waals surface area contributed by atoms with Crippen LogP contribution in [0.1, 0.15) is 10.4 Å². The summed E-state index contributed by atoms with van der Waals surface area (Å²) < 4.78 is 9.95. The fraction of sp³-hybridized carbons (Fsp3) is 0.0952. The molecule has 0 fully saturated rings. The van der Waals surface area contributed by atoms with Crippen LogP contribution in [0.4, 0.5) is 0 Å². The molecule has 6 heteroatoms. The second kappa shape index (κ2) is 6.92. The van der Waals surface area contributed by atoms with Crippen LogP contribution in [-0.2, 0) is 4.74 Å². The van der Waals surface area contributed by atoms with Crippen LogP contribution in [-0.4, -0.2) is 35.1 Å². The van der Waals surface area contributed by atoms with E-state index in [9.17, 15) is 4.79 Å². The minimum atomic E-state index is -0.366. The predicted octanol–water partition coefficient (Wildman–Crippen LogP) is 4.09. The number of imidazole rings is 1. The second-order valence-electron chi connectivity index (χ2n) is 5.94. The largest absolute Gasteiger partial charge is 0.497 e. The molecule has 27 heavy (non-hydrogen) atoms. The van der Waals surface area contributed by atoms with E-state index in [1.807, 2.05) is 42.5 Å². The van der Waals surface area contributed by atoms with Crippen LogP contribution in [0.15, 0.2) is 60.8 Å². The Labute approximate surface area is 155 Å². The summed E-state index contributed by atoms with van der Waals surface area (Å²) in [4.78, 5) is 23.9. The van der Waals surface area contributed by atoms with Crippen molar-refractivity contribution in [1.29, 1.82) is 0 Å². The van der Waals surface area contributed by atoms with E-state index in [4.69, 9.17) is 9.47 Å². The summed E-state index contributed by atoms with van der Waals surface area (Å²) in [5, 5.41) is 0. The van der Waals surface area contributed by atoms with Crippen LogP contribution < -0.4 is 4.74 Å². The lowest BCUT2D eigenvalue weighted by Gasteiger charge is -2.04. The van der Waals surface area contributed by atoms with E-state index in [0.29, 0.717) is 17.0 Å². The number of fused-ring (bicyclic) bond motifs is 1. The molecule has 0 unspecified atom stereocenters. The SMILES string of the molecule is COC(=O)c1ccc(-c2nc3nccc(-c4ccc(OC)cc4)c3[nH]2)cc1. The fourth-order valence-electron chi connectivity index (χ4n) is 2.94. The molecule has 0 aliphatic rings. The molecule has 0 spiro atoms. The Hall–Kier alpha value is -3.67. The van der Waals surface area contributed by atoms with Gasteiger partial charge in [-0.3, -0.25) is 0 Å². The van der Waals surface area contributed by atoms with Crippen LogP contribution in [0.3, 0.4) is 0 Å². The third-order valence-corrected chi connectivity index (χ3v) is 4.37. The zero-order valence-corrected chi connectivity index (χ0v) is 14.9. The summed E-state index contributed by atoms with van der Waals surface area (Å²) in [7, 11) is 3.01. The van der Waals surface area contributed by atoms with Crippen LogP contribution >= 0.6 is 0 Å². The summed E-state index contributed by atoms with van der Waals surface area (Å²) in [6.07, 6.45) is 1.74. The molecule has 0 saturated heterocycles. The van der Waals surface area contributed by atoms with Gasteiger partial charge in [-0.05, 0) is 35.9 Å². The first-order valence-corrected chi connectivity index (χ1v) is 8.37. The van der Waals surface area contributed by atoms with Crippen molar-refractivity contribution in [1.82, 2.24) is 15.0 Å². The molecule has 4 aromatic rings. The molecule has 134 valence electrons. The molecule has 0 aliphatic heterocycles. The first kappa shape index (κ1) is 16.8. The molecule has 0 radical (unpaired) electrons. The molecule has 2 aromatic carbocycles. The van der Waals surface area contributed by atoms with Crippen molar-refractivity contribution in [3.05, 3.63) is 66.4 Å². The van der Waals surface area contributed by atoms with Crippen molar-refractivity contribution in [3.63, 3.8) is 0 Å². The molecule has 0 aliphatic carbocycles. The van der Waals surface area contributed by atoms with Crippen molar-refractivity contribution in [2.24, 2.45) is 0 Å². The number of benzene rings is 2. The molecule has 0 saturated carbocycles. The Morgan fingerprint density at radius 2 is 1.63 bits per heavy atom.